The first-order chi connectivity index (χ1) is 7.20. The molecule has 0 saturated carbocycles. The van der Waals surface area contributed by atoms with Gasteiger partial charge in [-0.1, -0.05) is 0 Å². The Balaban J connectivity index is 2.48. The molecular formula is C10H9IN2O2. The van der Waals surface area contributed by atoms with Crippen LogP contribution in [0.3, 0.4) is 0 Å². The van der Waals surface area contributed by atoms with E-state index in [4.69, 9.17) is 0 Å². The van der Waals surface area contributed by atoms with Crippen LogP contribution in [-0.4, -0.2) is 23.0 Å². The average Bonchev–Trinajstić information content (AvgIpc) is 2.65. The molecule has 1 aromatic carbocycles. The van der Waals surface area contributed by atoms with Gasteiger partial charge >= 0.3 is 5.97 Å². The van der Waals surface area contributed by atoms with Gasteiger partial charge in [0.1, 0.15) is 0 Å². The molecule has 2 aromatic rings. The summed E-state index contributed by atoms with van der Waals surface area (Å²) in [6.45, 7) is 0. The van der Waals surface area contributed by atoms with Crippen LogP contribution in [0.5, 0.6) is 0 Å². The van der Waals surface area contributed by atoms with E-state index in [0.29, 0.717) is 0 Å². The van der Waals surface area contributed by atoms with Gasteiger partial charge in [-0.2, -0.15) is 0 Å². The van der Waals surface area contributed by atoms with Gasteiger partial charge in [0.2, 0.25) is 0 Å². The van der Waals surface area contributed by atoms with E-state index < -0.39 is 0 Å². The standard InChI is InChI=1S/C10H9IN2O2/c1-15-9(14)3-6-2-7(11)4-8-10(6)13-5-12-8/h2,4-5H,3H2,1H3,(H,12,13). The minimum atomic E-state index is -0.249. The van der Waals surface area contributed by atoms with Gasteiger partial charge in [0.05, 0.1) is 30.9 Å². The number of nitrogens with one attached hydrogen (secondary N) is 1. The summed E-state index contributed by atoms with van der Waals surface area (Å²) in [7, 11) is 1.39. The van der Waals surface area contributed by atoms with E-state index in [1.165, 1.54) is 7.11 Å². The molecule has 1 heterocycles. The molecule has 0 fully saturated rings. The van der Waals surface area contributed by atoms with Crippen molar-refractivity contribution in [3.05, 3.63) is 27.6 Å². The zero-order valence-corrected chi connectivity index (χ0v) is 10.2. The van der Waals surface area contributed by atoms with Gasteiger partial charge in [-0.05, 0) is 40.3 Å². The van der Waals surface area contributed by atoms with E-state index in [-0.39, 0.29) is 12.4 Å². The molecule has 0 saturated heterocycles. The lowest BCUT2D eigenvalue weighted by molar-refractivity contribution is -0.139. The third kappa shape index (κ3) is 2.11. The number of nitrogens with zero attached hydrogens (tertiary/aromatic N) is 1. The highest BCUT2D eigenvalue weighted by molar-refractivity contribution is 14.1. The minimum absolute atomic E-state index is 0.249. The lowest BCUT2D eigenvalue weighted by atomic mass is 10.1. The first kappa shape index (κ1) is 10.4. The fraction of sp³-hybridized carbons (Fsp3) is 0.200. The van der Waals surface area contributed by atoms with Crippen LogP contribution in [0, 0.1) is 3.57 Å². The Bertz CT molecular complexity index is 507. The molecule has 5 heteroatoms. The Morgan fingerprint density at radius 2 is 2.40 bits per heavy atom. The lowest BCUT2D eigenvalue weighted by Crippen LogP contribution is -2.05. The van der Waals surface area contributed by atoms with Gasteiger partial charge < -0.3 is 9.72 Å². The van der Waals surface area contributed by atoms with E-state index in [1.54, 1.807) is 6.33 Å². The van der Waals surface area contributed by atoms with Crippen LogP contribution < -0.4 is 0 Å². The number of benzene rings is 1. The third-order valence-electron chi connectivity index (χ3n) is 2.13. The monoisotopic (exact) mass is 316 g/mol. The predicted molar refractivity (Wildman–Crippen MR) is 64.5 cm³/mol. The molecule has 0 aliphatic carbocycles. The molecule has 0 radical (unpaired) electrons. The fourth-order valence-corrected chi connectivity index (χ4v) is 2.13. The molecule has 0 aliphatic heterocycles. The number of hydrogen-bond acceptors (Lipinski definition) is 3. The maximum absolute atomic E-state index is 11.2. The molecule has 0 spiro atoms. The Hall–Kier alpha value is -1.11. The highest BCUT2D eigenvalue weighted by Gasteiger charge is 2.09. The number of imidazole rings is 1. The minimum Gasteiger partial charge on any atom is -0.469 e. The van der Waals surface area contributed by atoms with E-state index in [1.807, 2.05) is 12.1 Å². The van der Waals surface area contributed by atoms with Gasteiger partial charge in [-0.15, -0.1) is 0 Å². The SMILES string of the molecule is COC(=O)Cc1cc(I)cc2[nH]cnc12. The number of fused-ring (bicyclic) bond motifs is 1. The number of ether oxygens (including phenoxy) is 1. The van der Waals surface area contributed by atoms with Crippen molar-refractivity contribution in [3.63, 3.8) is 0 Å². The van der Waals surface area contributed by atoms with E-state index >= 15 is 0 Å². The molecule has 2 rings (SSSR count). The van der Waals surface area contributed by atoms with E-state index in [2.05, 4.69) is 37.3 Å². The Labute approximate surface area is 100 Å². The average molecular weight is 316 g/mol. The lowest BCUT2D eigenvalue weighted by Gasteiger charge is -2.02. The van der Waals surface area contributed by atoms with Crippen LogP contribution in [0.2, 0.25) is 0 Å². The first-order valence-electron chi connectivity index (χ1n) is 4.39. The zero-order valence-electron chi connectivity index (χ0n) is 8.08. The first-order valence-corrected chi connectivity index (χ1v) is 5.47. The molecule has 15 heavy (non-hydrogen) atoms. The fourth-order valence-electron chi connectivity index (χ4n) is 1.45. The maximum Gasteiger partial charge on any atom is 0.310 e. The van der Waals surface area contributed by atoms with E-state index in [0.717, 1.165) is 20.2 Å². The van der Waals surface area contributed by atoms with Crippen molar-refractivity contribution in [3.8, 4) is 0 Å². The molecule has 0 aliphatic rings. The van der Waals surface area contributed by atoms with Gasteiger partial charge in [-0.25, -0.2) is 4.98 Å². The number of carbonyl (C=O) groups excluding carboxylic acids is 1. The molecule has 0 bridgehead atoms. The molecule has 78 valence electrons. The second-order valence-electron chi connectivity index (χ2n) is 3.12. The predicted octanol–water partition coefficient (Wildman–Crippen LogP) is 1.88. The Morgan fingerprint density at radius 1 is 1.60 bits per heavy atom. The molecule has 4 nitrogen and oxygen atoms in total. The van der Waals surface area contributed by atoms with Crippen molar-refractivity contribution >= 4 is 39.6 Å². The summed E-state index contributed by atoms with van der Waals surface area (Å²) in [5, 5.41) is 0. The quantitative estimate of drug-likeness (QED) is 0.680. The number of methoxy groups -OCH3 is 1. The molecule has 1 aromatic heterocycles. The second kappa shape index (κ2) is 4.18. The smallest absolute Gasteiger partial charge is 0.310 e. The van der Waals surface area contributed by atoms with Gasteiger partial charge in [0.15, 0.2) is 0 Å². The number of aromatic nitrogens is 2. The van der Waals surface area contributed by atoms with Crippen LogP contribution in [-0.2, 0) is 16.0 Å². The second-order valence-corrected chi connectivity index (χ2v) is 4.36. The van der Waals surface area contributed by atoms with Crippen molar-refractivity contribution in [2.45, 2.75) is 6.42 Å². The number of rotatable bonds is 2. The number of halogens is 1. The van der Waals surface area contributed by atoms with Crippen LogP contribution >= 0.6 is 22.6 Å². The molecule has 0 atom stereocenters. The third-order valence-corrected chi connectivity index (χ3v) is 2.75. The van der Waals surface area contributed by atoms with Crippen molar-refractivity contribution in [2.75, 3.05) is 7.11 Å². The number of aromatic amines is 1. The summed E-state index contributed by atoms with van der Waals surface area (Å²) in [4.78, 5) is 18.4. The topological polar surface area (TPSA) is 55.0 Å². The Morgan fingerprint density at radius 3 is 3.13 bits per heavy atom. The zero-order chi connectivity index (χ0) is 10.8. The summed E-state index contributed by atoms with van der Waals surface area (Å²) < 4.78 is 5.71. The van der Waals surface area contributed by atoms with Crippen LogP contribution in [0.1, 0.15) is 5.56 Å². The number of carbonyl (C=O) groups is 1. The van der Waals surface area contributed by atoms with Crippen LogP contribution in [0.15, 0.2) is 18.5 Å². The molecule has 0 amide bonds. The van der Waals surface area contributed by atoms with Gasteiger partial charge in [0.25, 0.3) is 0 Å². The largest absolute Gasteiger partial charge is 0.469 e. The van der Waals surface area contributed by atoms with Crippen LogP contribution in [0.25, 0.3) is 11.0 Å². The summed E-state index contributed by atoms with van der Waals surface area (Å²) in [5.74, 6) is -0.249. The molecule has 0 unspecified atom stereocenters. The van der Waals surface area contributed by atoms with Gasteiger partial charge in [-0.3, -0.25) is 4.79 Å². The summed E-state index contributed by atoms with van der Waals surface area (Å²) in [6, 6.07) is 3.93. The van der Waals surface area contributed by atoms with Crippen molar-refractivity contribution in [1.82, 2.24) is 9.97 Å². The Kier molecular flexibility index (Phi) is 2.90. The number of esters is 1. The highest BCUT2D eigenvalue weighted by atomic mass is 127. The molecular weight excluding hydrogens is 307 g/mol. The summed E-state index contributed by atoms with van der Waals surface area (Å²) in [5.41, 5.74) is 2.67. The van der Waals surface area contributed by atoms with Crippen LogP contribution in [0.4, 0.5) is 0 Å². The van der Waals surface area contributed by atoms with E-state index in [9.17, 15) is 4.79 Å². The van der Waals surface area contributed by atoms with Crippen molar-refractivity contribution in [1.29, 1.82) is 0 Å². The van der Waals surface area contributed by atoms with Gasteiger partial charge in [0, 0.05) is 3.57 Å². The highest BCUT2D eigenvalue weighted by Crippen LogP contribution is 2.19. The summed E-state index contributed by atoms with van der Waals surface area (Å²) in [6.07, 6.45) is 1.89. The van der Waals surface area contributed by atoms with Crippen molar-refractivity contribution in [2.24, 2.45) is 0 Å². The summed E-state index contributed by atoms with van der Waals surface area (Å²) >= 11 is 2.21. The maximum atomic E-state index is 11.2. The van der Waals surface area contributed by atoms with Crippen molar-refractivity contribution < 1.29 is 9.53 Å². The number of H-pyrrole nitrogens is 1. The molecule has 1 N–H and O–H groups in total. The number of hydrogen-bond donors (Lipinski definition) is 1. The normalized spacial score (nSPS) is 10.5.